The fourth-order valence-corrected chi connectivity index (χ4v) is 5.41. The fraction of sp³-hybridized carbons (Fsp3) is 0.500. The lowest BCUT2D eigenvalue weighted by molar-refractivity contribution is 0.0286. The number of phenolic OH excluding ortho intramolecular Hbond substituents is 1. The Hall–Kier alpha value is -1.84. The molecule has 0 aromatic heterocycles. The van der Waals surface area contributed by atoms with Gasteiger partial charge in [-0.15, -0.1) is 0 Å². The van der Waals surface area contributed by atoms with E-state index in [2.05, 4.69) is 37.8 Å². The summed E-state index contributed by atoms with van der Waals surface area (Å²) < 4.78 is 0. The van der Waals surface area contributed by atoms with E-state index in [-0.39, 0.29) is 0 Å². The minimum absolute atomic E-state index is 0.324. The highest BCUT2D eigenvalue weighted by atomic mass is 16.3. The number of fused-ring (bicyclic) bond motifs is 1. The number of likely N-dealkylation sites (tertiary alicyclic amines) is 1. The zero-order valence-corrected chi connectivity index (χ0v) is 16.6. The first-order valence-electron chi connectivity index (χ1n) is 10.2. The molecule has 4 rings (SSSR count). The molecule has 3 nitrogen and oxygen atoms in total. The molecule has 2 aromatic rings. The van der Waals surface area contributed by atoms with Gasteiger partial charge in [0.05, 0.1) is 5.60 Å². The Kier molecular flexibility index (Phi) is 4.77. The van der Waals surface area contributed by atoms with Crippen LogP contribution in [0.2, 0.25) is 0 Å². The van der Waals surface area contributed by atoms with Crippen molar-refractivity contribution in [3.8, 4) is 5.75 Å². The predicted molar refractivity (Wildman–Crippen MR) is 109 cm³/mol. The van der Waals surface area contributed by atoms with Gasteiger partial charge in [-0.05, 0) is 73.3 Å². The molecule has 1 heterocycles. The quantitative estimate of drug-likeness (QED) is 0.843. The first-order valence-corrected chi connectivity index (χ1v) is 10.2. The molecule has 2 aromatic carbocycles. The zero-order valence-electron chi connectivity index (χ0n) is 16.6. The van der Waals surface area contributed by atoms with Crippen molar-refractivity contribution in [2.24, 2.45) is 11.8 Å². The Balaban J connectivity index is 1.44. The van der Waals surface area contributed by atoms with Crippen LogP contribution in [0.15, 0.2) is 48.5 Å². The second kappa shape index (κ2) is 6.96. The predicted octanol–water partition coefficient (Wildman–Crippen LogP) is 4.42. The first-order chi connectivity index (χ1) is 12.9. The van der Waals surface area contributed by atoms with Gasteiger partial charge >= 0.3 is 0 Å². The van der Waals surface area contributed by atoms with E-state index in [1.54, 1.807) is 12.1 Å². The smallest absolute Gasteiger partial charge is 0.115 e. The van der Waals surface area contributed by atoms with E-state index in [0.717, 1.165) is 31.5 Å². The molecule has 0 amide bonds. The Morgan fingerprint density at radius 2 is 1.56 bits per heavy atom. The summed E-state index contributed by atoms with van der Waals surface area (Å²) in [6.45, 7) is 8.83. The molecular formula is C24H31NO2. The van der Waals surface area contributed by atoms with Gasteiger partial charge < -0.3 is 10.2 Å². The van der Waals surface area contributed by atoms with Crippen molar-refractivity contribution in [3.05, 3.63) is 65.2 Å². The molecule has 27 heavy (non-hydrogen) atoms. The summed E-state index contributed by atoms with van der Waals surface area (Å²) >= 11 is 0. The van der Waals surface area contributed by atoms with Crippen LogP contribution in [0.3, 0.4) is 0 Å². The van der Waals surface area contributed by atoms with Crippen LogP contribution in [0.1, 0.15) is 49.3 Å². The highest BCUT2D eigenvalue weighted by Crippen LogP contribution is 2.50. The highest BCUT2D eigenvalue weighted by molar-refractivity contribution is 5.33. The molecule has 1 saturated heterocycles. The van der Waals surface area contributed by atoms with Gasteiger partial charge in [0.2, 0.25) is 0 Å². The van der Waals surface area contributed by atoms with Gasteiger partial charge in [0, 0.05) is 19.1 Å². The third-order valence-corrected chi connectivity index (χ3v) is 7.17. The SMILES string of the molecule is Cc1ccccc1[C@]1(O)C[C@H]2CN(C(C)C(C)c3ccc(O)cc3)C[C@H]2C1. The maximum absolute atomic E-state index is 11.3. The number of nitrogens with zero attached hydrogens (tertiary/aromatic N) is 1. The molecule has 2 unspecified atom stereocenters. The molecule has 0 radical (unpaired) electrons. The zero-order chi connectivity index (χ0) is 19.2. The van der Waals surface area contributed by atoms with Gasteiger partial charge in [0.25, 0.3) is 0 Å². The number of aliphatic hydroxyl groups is 1. The molecule has 2 N–H and O–H groups in total. The van der Waals surface area contributed by atoms with Crippen LogP contribution in [0.4, 0.5) is 0 Å². The number of benzene rings is 2. The lowest BCUT2D eigenvalue weighted by atomic mass is 9.87. The largest absolute Gasteiger partial charge is 0.508 e. The molecule has 0 bridgehead atoms. The minimum Gasteiger partial charge on any atom is -0.508 e. The number of hydrogen-bond donors (Lipinski definition) is 2. The van der Waals surface area contributed by atoms with Gasteiger partial charge in [-0.1, -0.05) is 43.3 Å². The van der Waals surface area contributed by atoms with Crippen LogP contribution in [-0.4, -0.2) is 34.2 Å². The minimum atomic E-state index is -0.654. The lowest BCUT2D eigenvalue weighted by Gasteiger charge is -2.33. The molecule has 1 aliphatic carbocycles. The van der Waals surface area contributed by atoms with Crippen LogP contribution < -0.4 is 0 Å². The number of aryl methyl sites for hydroxylation is 1. The topological polar surface area (TPSA) is 43.7 Å². The maximum Gasteiger partial charge on any atom is 0.115 e. The molecule has 1 saturated carbocycles. The molecule has 144 valence electrons. The number of phenols is 1. The number of hydrogen-bond acceptors (Lipinski definition) is 3. The molecule has 1 aliphatic heterocycles. The maximum atomic E-state index is 11.3. The lowest BCUT2D eigenvalue weighted by Crippen LogP contribution is -2.37. The molecule has 0 spiro atoms. The van der Waals surface area contributed by atoms with Crippen molar-refractivity contribution >= 4 is 0 Å². The van der Waals surface area contributed by atoms with E-state index in [4.69, 9.17) is 0 Å². The average Bonchev–Trinajstić information content (AvgIpc) is 3.17. The van der Waals surface area contributed by atoms with E-state index >= 15 is 0 Å². The first kappa shape index (κ1) is 18.5. The van der Waals surface area contributed by atoms with Gasteiger partial charge in [-0.2, -0.15) is 0 Å². The highest BCUT2D eigenvalue weighted by Gasteiger charge is 2.50. The summed E-state index contributed by atoms with van der Waals surface area (Å²) in [6, 6.07) is 16.4. The monoisotopic (exact) mass is 365 g/mol. The molecule has 5 atom stereocenters. The molecule has 2 fully saturated rings. The summed E-state index contributed by atoms with van der Waals surface area (Å²) in [6.07, 6.45) is 1.75. The summed E-state index contributed by atoms with van der Waals surface area (Å²) in [4.78, 5) is 2.60. The van der Waals surface area contributed by atoms with Crippen molar-refractivity contribution < 1.29 is 10.2 Å². The van der Waals surface area contributed by atoms with Gasteiger partial charge in [0.1, 0.15) is 5.75 Å². The van der Waals surface area contributed by atoms with E-state index in [1.807, 2.05) is 24.3 Å². The van der Waals surface area contributed by atoms with Crippen LogP contribution in [0, 0.1) is 18.8 Å². The van der Waals surface area contributed by atoms with E-state index in [1.165, 1.54) is 11.1 Å². The summed E-state index contributed by atoms with van der Waals surface area (Å²) in [5, 5.41) is 20.9. The van der Waals surface area contributed by atoms with Crippen LogP contribution in [0.5, 0.6) is 5.75 Å². The average molecular weight is 366 g/mol. The van der Waals surface area contributed by atoms with Crippen LogP contribution in [-0.2, 0) is 5.60 Å². The van der Waals surface area contributed by atoms with Gasteiger partial charge in [-0.25, -0.2) is 0 Å². The van der Waals surface area contributed by atoms with Crippen molar-refractivity contribution in [3.63, 3.8) is 0 Å². The second-order valence-electron chi connectivity index (χ2n) is 8.85. The third-order valence-electron chi connectivity index (χ3n) is 7.17. The van der Waals surface area contributed by atoms with Crippen molar-refractivity contribution in [1.29, 1.82) is 0 Å². The standard InChI is InChI=1S/C24H31NO2/c1-16-6-4-5-7-23(16)24(27)12-20-14-25(15-21(20)13-24)18(3)17(2)19-8-10-22(26)11-9-19/h4-11,17-18,20-21,26-27H,12-15H2,1-3H3/t17?,18?,20-,21+,24-. The molecule has 3 heteroatoms. The Bertz CT molecular complexity index is 786. The van der Waals surface area contributed by atoms with Crippen molar-refractivity contribution in [2.75, 3.05) is 13.1 Å². The Morgan fingerprint density at radius 1 is 0.963 bits per heavy atom. The van der Waals surface area contributed by atoms with E-state index < -0.39 is 5.60 Å². The summed E-state index contributed by atoms with van der Waals surface area (Å²) in [5.74, 6) is 1.89. The van der Waals surface area contributed by atoms with Crippen molar-refractivity contribution in [2.45, 2.75) is 51.2 Å². The summed E-state index contributed by atoms with van der Waals surface area (Å²) in [5.41, 5.74) is 2.94. The molecular weight excluding hydrogens is 334 g/mol. The second-order valence-corrected chi connectivity index (χ2v) is 8.85. The third kappa shape index (κ3) is 3.39. The number of rotatable bonds is 4. The summed E-state index contributed by atoms with van der Waals surface area (Å²) in [7, 11) is 0. The van der Waals surface area contributed by atoms with E-state index in [0.29, 0.717) is 29.5 Å². The van der Waals surface area contributed by atoms with Crippen LogP contribution in [0.25, 0.3) is 0 Å². The van der Waals surface area contributed by atoms with Crippen LogP contribution >= 0.6 is 0 Å². The Labute approximate surface area is 162 Å². The fourth-order valence-electron chi connectivity index (χ4n) is 5.41. The van der Waals surface area contributed by atoms with Gasteiger partial charge in [0.15, 0.2) is 0 Å². The van der Waals surface area contributed by atoms with Gasteiger partial charge in [-0.3, -0.25) is 4.90 Å². The van der Waals surface area contributed by atoms with Crippen molar-refractivity contribution in [1.82, 2.24) is 4.90 Å². The normalized spacial score (nSPS) is 30.2. The molecule has 2 aliphatic rings. The van der Waals surface area contributed by atoms with E-state index in [9.17, 15) is 10.2 Å². The Morgan fingerprint density at radius 3 is 2.15 bits per heavy atom. The number of aromatic hydroxyl groups is 1.